The van der Waals surface area contributed by atoms with E-state index in [2.05, 4.69) is 10.3 Å². The number of fused-ring (bicyclic) bond motifs is 1. The lowest BCUT2D eigenvalue weighted by Gasteiger charge is -2.20. The van der Waals surface area contributed by atoms with E-state index in [0.717, 1.165) is 11.1 Å². The highest BCUT2D eigenvalue weighted by atomic mass is 16.5. The molecule has 0 spiro atoms. The topological polar surface area (TPSA) is 90.4 Å². The van der Waals surface area contributed by atoms with Gasteiger partial charge in [-0.1, -0.05) is 54.6 Å². The standard InChI is InChI=1S/C31H25N3O4/c1-20-14-15-28(37-2)27(17-20)34-30(35)29(21-9-4-3-5-10-21)38-31(36)24-18-26(22-11-8-16-32-19-22)33-25-13-7-6-12-23(24)25/h3-19,29H,1-2H3,(H,34,35). The number of hydrogen-bond donors (Lipinski definition) is 1. The maximum atomic E-state index is 13.7. The van der Waals surface area contributed by atoms with Crippen LogP contribution < -0.4 is 10.1 Å². The van der Waals surface area contributed by atoms with Crippen LogP contribution in [0.2, 0.25) is 0 Å². The Hall–Kier alpha value is -5.04. The summed E-state index contributed by atoms with van der Waals surface area (Å²) >= 11 is 0. The molecule has 0 radical (unpaired) electrons. The van der Waals surface area contributed by atoms with Crippen LogP contribution in [-0.2, 0) is 9.53 Å². The number of pyridine rings is 2. The van der Waals surface area contributed by atoms with Gasteiger partial charge in [0.15, 0.2) is 0 Å². The van der Waals surface area contributed by atoms with Crippen LogP contribution in [0.4, 0.5) is 5.69 Å². The lowest BCUT2D eigenvalue weighted by Crippen LogP contribution is -2.26. The highest BCUT2D eigenvalue weighted by Gasteiger charge is 2.28. The van der Waals surface area contributed by atoms with Gasteiger partial charge in [0.05, 0.1) is 29.6 Å². The number of esters is 1. The molecule has 0 aliphatic heterocycles. The predicted molar refractivity (Wildman–Crippen MR) is 146 cm³/mol. The van der Waals surface area contributed by atoms with E-state index in [0.29, 0.717) is 39.2 Å². The number of ether oxygens (including phenoxy) is 2. The minimum Gasteiger partial charge on any atom is -0.495 e. The summed E-state index contributed by atoms with van der Waals surface area (Å²) in [5.41, 5.74) is 4.24. The van der Waals surface area contributed by atoms with Crippen molar-refractivity contribution in [3.05, 3.63) is 120 Å². The van der Waals surface area contributed by atoms with Crippen LogP contribution in [0.3, 0.4) is 0 Å². The average molecular weight is 504 g/mol. The summed E-state index contributed by atoms with van der Waals surface area (Å²) in [5.74, 6) is -0.642. The van der Waals surface area contributed by atoms with Gasteiger partial charge in [-0.05, 0) is 48.9 Å². The quantitative estimate of drug-likeness (QED) is 0.268. The molecule has 0 saturated heterocycles. The number of hydrogen-bond acceptors (Lipinski definition) is 6. The molecule has 0 aliphatic rings. The molecule has 1 N–H and O–H groups in total. The van der Waals surface area contributed by atoms with Gasteiger partial charge in [-0.25, -0.2) is 9.78 Å². The molecule has 1 amide bonds. The van der Waals surface area contributed by atoms with Gasteiger partial charge >= 0.3 is 5.97 Å². The zero-order valence-corrected chi connectivity index (χ0v) is 20.9. The van der Waals surface area contributed by atoms with Crippen molar-refractivity contribution < 1.29 is 19.1 Å². The maximum absolute atomic E-state index is 13.7. The Balaban J connectivity index is 1.53. The van der Waals surface area contributed by atoms with E-state index in [-0.39, 0.29) is 0 Å². The molecule has 0 saturated carbocycles. The number of rotatable bonds is 7. The van der Waals surface area contributed by atoms with Crippen LogP contribution in [0.15, 0.2) is 103 Å². The van der Waals surface area contributed by atoms with Gasteiger partial charge < -0.3 is 14.8 Å². The van der Waals surface area contributed by atoms with E-state index in [4.69, 9.17) is 14.5 Å². The molecule has 3 aromatic carbocycles. The second-order valence-corrected chi connectivity index (χ2v) is 8.70. The number of aromatic nitrogens is 2. The number of benzene rings is 3. The van der Waals surface area contributed by atoms with Crippen LogP contribution >= 0.6 is 0 Å². The summed E-state index contributed by atoms with van der Waals surface area (Å²) in [5, 5.41) is 3.49. The molecule has 1 atom stereocenters. The minimum atomic E-state index is -1.21. The molecule has 1 unspecified atom stereocenters. The van der Waals surface area contributed by atoms with Crippen molar-refractivity contribution in [1.82, 2.24) is 9.97 Å². The van der Waals surface area contributed by atoms with E-state index in [1.54, 1.807) is 67.0 Å². The Morgan fingerprint density at radius 3 is 2.45 bits per heavy atom. The second-order valence-electron chi connectivity index (χ2n) is 8.70. The van der Waals surface area contributed by atoms with Crippen LogP contribution in [0.25, 0.3) is 22.2 Å². The molecular formula is C31H25N3O4. The number of carbonyl (C=O) groups excluding carboxylic acids is 2. The number of amides is 1. The van der Waals surface area contributed by atoms with Crippen LogP contribution in [-0.4, -0.2) is 29.0 Å². The summed E-state index contributed by atoms with van der Waals surface area (Å²) in [6.45, 7) is 1.91. The molecule has 5 rings (SSSR count). The molecule has 5 aromatic rings. The Labute approximate surface area is 220 Å². The average Bonchev–Trinajstić information content (AvgIpc) is 2.96. The number of carbonyl (C=O) groups is 2. The van der Waals surface area contributed by atoms with Crippen LogP contribution in [0.1, 0.15) is 27.6 Å². The van der Waals surface area contributed by atoms with Crippen molar-refractivity contribution in [1.29, 1.82) is 0 Å². The lowest BCUT2D eigenvalue weighted by atomic mass is 10.0. The molecule has 0 aliphatic carbocycles. The molecule has 188 valence electrons. The van der Waals surface area contributed by atoms with Gasteiger partial charge in [0.1, 0.15) is 5.75 Å². The van der Waals surface area contributed by atoms with Gasteiger partial charge in [-0.3, -0.25) is 9.78 Å². The zero-order chi connectivity index (χ0) is 26.5. The van der Waals surface area contributed by atoms with E-state index in [1.165, 1.54) is 7.11 Å². The number of methoxy groups -OCH3 is 1. The fourth-order valence-corrected chi connectivity index (χ4v) is 4.20. The maximum Gasteiger partial charge on any atom is 0.340 e. The van der Waals surface area contributed by atoms with E-state index in [1.807, 2.05) is 43.3 Å². The monoisotopic (exact) mass is 503 g/mol. The third-order valence-electron chi connectivity index (χ3n) is 6.07. The van der Waals surface area contributed by atoms with Gasteiger partial charge in [0, 0.05) is 28.9 Å². The van der Waals surface area contributed by atoms with E-state index in [9.17, 15) is 9.59 Å². The van der Waals surface area contributed by atoms with Crippen LogP contribution in [0, 0.1) is 6.92 Å². The fourth-order valence-electron chi connectivity index (χ4n) is 4.20. The van der Waals surface area contributed by atoms with E-state index < -0.39 is 18.0 Å². The molecule has 2 aromatic heterocycles. The van der Waals surface area contributed by atoms with Crippen molar-refractivity contribution in [3.63, 3.8) is 0 Å². The molecule has 0 bridgehead atoms. The number of aryl methyl sites for hydroxylation is 1. The van der Waals surface area contributed by atoms with Gasteiger partial charge in [-0.2, -0.15) is 0 Å². The summed E-state index contributed by atoms with van der Waals surface area (Å²) in [6.07, 6.45) is 2.15. The largest absolute Gasteiger partial charge is 0.495 e. The van der Waals surface area contributed by atoms with Crippen molar-refractivity contribution >= 4 is 28.5 Å². The van der Waals surface area contributed by atoms with Crippen molar-refractivity contribution in [2.75, 3.05) is 12.4 Å². The van der Waals surface area contributed by atoms with Crippen molar-refractivity contribution in [2.45, 2.75) is 13.0 Å². The third kappa shape index (κ3) is 5.22. The summed E-state index contributed by atoms with van der Waals surface area (Å²) in [4.78, 5) is 36.1. The highest BCUT2D eigenvalue weighted by molar-refractivity contribution is 6.06. The van der Waals surface area contributed by atoms with E-state index >= 15 is 0 Å². The summed E-state index contributed by atoms with van der Waals surface area (Å²) in [7, 11) is 1.53. The first kappa shape index (κ1) is 24.6. The summed E-state index contributed by atoms with van der Waals surface area (Å²) in [6, 6.07) is 27.0. The molecule has 7 nitrogen and oxygen atoms in total. The first-order valence-corrected chi connectivity index (χ1v) is 12.0. The van der Waals surface area contributed by atoms with Crippen LogP contribution in [0.5, 0.6) is 5.75 Å². The van der Waals surface area contributed by atoms with Crippen molar-refractivity contribution in [2.24, 2.45) is 0 Å². The van der Waals surface area contributed by atoms with Gasteiger partial charge in [-0.15, -0.1) is 0 Å². The Bertz CT molecular complexity index is 1600. The Morgan fingerprint density at radius 2 is 1.68 bits per heavy atom. The number of nitrogens with one attached hydrogen (secondary N) is 1. The number of anilines is 1. The predicted octanol–water partition coefficient (Wildman–Crippen LogP) is 6.15. The SMILES string of the molecule is COc1ccc(C)cc1NC(=O)C(OC(=O)c1cc(-c2cccnc2)nc2ccccc12)c1ccccc1. The lowest BCUT2D eigenvalue weighted by molar-refractivity contribution is -0.125. The second kappa shape index (κ2) is 10.9. The third-order valence-corrected chi connectivity index (χ3v) is 6.07. The smallest absolute Gasteiger partial charge is 0.340 e. The van der Waals surface area contributed by atoms with Crippen molar-refractivity contribution in [3.8, 4) is 17.0 Å². The van der Waals surface area contributed by atoms with Gasteiger partial charge in [0.25, 0.3) is 5.91 Å². The normalized spacial score (nSPS) is 11.5. The highest BCUT2D eigenvalue weighted by Crippen LogP contribution is 2.30. The Kier molecular flexibility index (Phi) is 7.08. The molecular weight excluding hydrogens is 478 g/mol. The minimum absolute atomic E-state index is 0.302. The first-order chi connectivity index (χ1) is 18.5. The fraction of sp³-hybridized carbons (Fsp3) is 0.0968. The Morgan fingerprint density at radius 1 is 0.895 bits per heavy atom. The van der Waals surface area contributed by atoms with Gasteiger partial charge in [0.2, 0.25) is 6.10 Å². The molecule has 38 heavy (non-hydrogen) atoms. The summed E-state index contributed by atoms with van der Waals surface area (Å²) < 4.78 is 11.3. The zero-order valence-electron chi connectivity index (χ0n) is 20.9. The molecule has 0 fully saturated rings. The molecule has 7 heteroatoms. The number of para-hydroxylation sites is 1. The first-order valence-electron chi connectivity index (χ1n) is 12.0. The molecule has 2 heterocycles. The number of nitrogens with zero attached hydrogens (tertiary/aromatic N) is 2.